The van der Waals surface area contributed by atoms with Crippen LogP contribution in [0.3, 0.4) is 0 Å². The molecule has 0 amide bonds. The Morgan fingerprint density at radius 2 is 1.81 bits per heavy atom. The van der Waals surface area contributed by atoms with Crippen molar-refractivity contribution in [1.82, 2.24) is 5.32 Å². The van der Waals surface area contributed by atoms with E-state index in [1.807, 2.05) is 6.92 Å². The van der Waals surface area contributed by atoms with Crippen LogP contribution in [0.5, 0.6) is 0 Å². The molecular formula is C17H31NO3. The van der Waals surface area contributed by atoms with Gasteiger partial charge in [0.25, 0.3) is 0 Å². The molecule has 2 aliphatic rings. The molecule has 0 aromatic rings. The highest BCUT2D eigenvalue weighted by Crippen LogP contribution is 2.43. The normalized spacial score (nSPS) is 35.0. The van der Waals surface area contributed by atoms with Gasteiger partial charge in [-0.15, -0.1) is 0 Å². The van der Waals surface area contributed by atoms with E-state index < -0.39 is 0 Å². The average molecular weight is 297 g/mol. The van der Waals surface area contributed by atoms with Crippen LogP contribution in [0, 0.1) is 11.3 Å². The fraction of sp³-hybridized carbons (Fsp3) is 0.941. The Morgan fingerprint density at radius 1 is 1.14 bits per heavy atom. The van der Waals surface area contributed by atoms with Gasteiger partial charge in [0.1, 0.15) is 0 Å². The van der Waals surface area contributed by atoms with Gasteiger partial charge >= 0.3 is 5.97 Å². The summed E-state index contributed by atoms with van der Waals surface area (Å²) >= 11 is 0. The largest absolute Gasteiger partial charge is 0.466 e. The van der Waals surface area contributed by atoms with Crippen molar-refractivity contribution >= 4 is 5.97 Å². The van der Waals surface area contributed by atoms with E-state index in [1.165, 1.54) is 0 Å². The lowest BCUT2D eigenvalue weighted by Gasteiger charge is -2.53. The van der Waals surface area contributed by atoms with Crippen LogP contribution in [0.2, 0.25) is 0 Å². The van der Waals surface area contributed by atoms with Crippen LogP contribution in [0.1, 0.15) is 59.8 Å². The molecule has 0 saturated heterocycles. The first-order chi connectivity index (χ1) is 9.98. The Bertz CT molecular complexity index is 348. The minimum absolute atomic E-state index is 0.00339. The first kappa shape index (κ1) is 16.8. The number of esters is 1. The summed E-state index contributed by atoms with van der Waals surface area (Å²) in [7, 11) is 0. The summed E-state index contributed by atoms with van der Waals surface area (Å²) in [5.74, 6) is 0.116. The number of rotatable bonds is 6. The van der Waals surface area contributed by atoms with E-state index in [0.717, 1.165) is 38.7 Å². The molecule has 0 spiro atoms. The first-order valence-corrected chi connectivity index (χ1v) is 8.53. The predicted octanol–water partition coefficient (Wildman–Crippen LogP) is 2.90. The van der Waals surface area contributed by atoms with Gasteiger partial charge in [-0.3, -0.25) is 4.79 Å². The van der Waals surface area contributed by atoms with Crippen molar-refractivity contribution in [3.63, 3.8) is 0 Å². The lowest BCUT2D eigenvalue weighted by molar-refractivity contribution is -0.149. The molecule has 0 aromatic carbocycles. The Balaban J connectivity index is 1.73. The lowest BCUT2D eigenvalue weighted by Crippen LogP contribution is -2.63. The van der Waals surface area contributed by atoms with Crippen molar-refractivity contribution in [3.05, 3.63) is 0 Å². The number of hydrogen-bond donors (Lipinski definition) is 1. The summed E-state index contributed by atoms with van der Waals surface area (Å²) in [5, 5.41) is 3.79. The number of carbonyl (C=O) groups is 1. The molecule has 0 bridgehead atoms. The van der Waals surface area contributed by atoms with Crippen molar-refractivity contribution in [3.8, 4) is 0 Å². The highest BCUT2D eigenvalue weighted by atomic mass is 16.5. The molecular weight excluding hydrogens is 266 g/mol. The standard InChI is InChI=1S/C17H31NO3/c1-5-20-15-11-14(17(15,3)4)18-13-9-7-12(8-10-13)16(19)21-6-2/h12-15,18H,5-11H2,1-4H3. The topological polar surface area (TPSA) is 47.6 Å². The number of hydrogen-bond acceptors (Lipinski definition) is 4. The molecule has 0 aromatic heterocycles. The molecule has 2 fully saturated rings. The maximum Gasteiger partial charge on any atom is 0.308 e. The predicted molar refractivity (Wildman–Crippen MR) is 83.1 cm³/mol. The van der Waals surface area contributed by atoms with Gasteiger partial charge in [-0.05, 0) is 46.0 Å². The van der Waals surface area contributed by atoms with Crippen molar-refractivity contribution in [1.29, 1.82) is 0 Å². The fourth-order valence-electron chi connectivity index (χ4n) is 3.69. The van der Waals surface area contributed by atoms with Gasteiger partial charge < -0.3 is 14.8 Å². The van der Waals surface area contributed by atoms with Gasteiger partial charge in [0.05, 0.1) is 18.6 Å². The molecule has 1 N–H and O–H groups in total. The van der Waals surface area contributed by atoms with Crippen LogP contribution in [0.15, 0.2) is 0 Å². The third-order valence-electron chi connectivity index (χ3n) is 5.33. The molecule has 2 saturated carbocycles. The summed E-state index contributed by atoms with van der Waals surface area (Å²) in [4.78, 5) is 11.8. The highest BCUT2D eigenvalue weighted by molar-refractivity contribution is 5.72. The summed E-state index contributed by atoms with van der Waals surface area (Å²) in [6.45, 7) is 9.81. The minimum Gasteiger partial charge on any atom is -0.466 e. The summed E-state index contributed by atoms with van der Waals surface area (Å²) in [6, 6.07) is 1.08. The Kier molecular flexibility index (Phi) is 5.67. The minimum atomic E-state index is -0.00339. The van der Waals surface area contributed by atoms with Gasteiger partial charge in [-0.25, -0.2) is 0 Å². The monoisotopic (exact) mass is 297 g/mol. The van der Waals surface area contributed by atoms with Crippen LogP contribution in [-0.2, 0) is 14.3 Å². The SMILES string of the molecule is CCOC(=O)C1CCC(NC2CC(OCC)C2(C)C)CC1. The molecule has 4 heteroatoms. The second-order valence-electron chi connectivity index (χ2n) is 7.02. The zero-order valence-corrected chi connectivity index (χ0v) is 14.0. The van der Waals surface area contributed by atoms with Gasteiger partial charge in [0.2, 0.25) is 0 Å². The molecule has 0 heterocycles. The molecule has 2 rings (SSSR count). The molecule has 2 unspecified atom stereocenters. The summed E-state index contributed by atoms with van der Waals surface area (Å²) in [5.41, 5.74) is 0.216. The third-order valence-corrected chi connectivity index (χ3v) is 5.33. The summed E-state index contributed by atoms with van der Waals surface area (Å²) in [6.07, 6.45) is 5.57. The van der Waals surface area contributed by atoms with Gasteiger partial charge in [-0.2, -0.15) is 0 Å². The number of carbonyl (C=O) groups excluding carboxylic acids is 1. The van der Waals surface area contributed by atoms with Crippen molar-refractivity contribution in [2.45, 2.75) is 78.0 Å². The first-order valence-electron chi connectivity index (χ1n) is 8.53. The van der Waals surface area contributed by atoms with Crippen LogP contribution in [0.4, 0.5) is 0 Å². The number of ether oxygens (including phenoxy) is 2. The van der Waals surface area contributed by atoms with Gasteiger partial charge in [-0.1, -0.05) is 13.8 Å². The van der Waals surface area contributed by atoms with Crippen molar-refractivity contribution < 1.29 is 14.3 Å². The van der Waals surface area contributed by atoms with Crippen molar-refractivity contribution in [2.75, 3.05) is 13.2 Å². The highest BCUT2D eigenvalue weighted by Gasteiger charge is 2.49. The van der Waals surface area contributed by atoms with E-state index in [2.05, 4.69) is 26.1 Å². The smallest absolute Gasteiger partial charge is 0.308 e. The second-order valence-corrected chi connectivity index (χ2v) is 7.02. The molecule has 4 nitrogen and oxygen atoms in total. The average Bonchev–Trinajstić information content (AvgIpc) is 2.47. The van der Waals surface area contributed by atoms with Crippen LogP contribution < -0.4 is 5.32 Å². The van der Waals surface area contributed by atoms with Crippen molar-refractivity contribution in [2.24, 2.45) is 11.3 Å². The van der Waals surface area contributed by atoms with E-state index in [1.54, 1.807) is 0 Å². The number of nitrogens with one attached hydrogen (secondary N) is 1. The molecule has 2 aliphatic carbocycles. The van der Waals surface area contributed by atoms with E-state index in [-0.39, 0.29) is 17.3 Å². The molecule has 21 heavy (non-hydrogen) atoms. The maximum absolute atomic E-state index is 11.8. The quantitative estimate of drug-likeness (QED) is 0.766. The molecule has 0 aliphatic heterocycles. The maximum atomic E-state index is 11.8. The Morgan fingerprint density at radius 3 is 2.33 bits per heavy atom. The molecule has 2 atom stereocenters. The second kappa shape index (κ2) is 7.10. The van der Waals surface area contributed by atoms with E-state index in [0.29, 0.717) is 24.8 Å². The fourth-order valence-corrected chi connectivity index (χ4v) is 3.69. The van der Waals surface area contributed by atoms with E-state index >= 15 is 0 Å². The zero-order chi connectivity index (χ0) is 15.5. The van der Waals surface area contributed by atoms with Gasteiger partial charge in [0, 0.05) is 24.1 Å². The van der Waals surface area contributed by atoms with E-state index in [4.69, 9.17) is 9.47 Å². The van der Waals surface area contributed by atoms with Crippen LogP contribution in [0.25, 0.3) is 0 Å². The lowest BCUT2D eigenvalue weighted by atomic mass is 9.64. The van der Waals surface area contributed by atoms with E-state index in [9.17, 15) is 4.79 Å². The molecule has 122 valence electrons. The van der Waals surface area contributed by atoms with Crippen LogP contribution >= 0.6 is 0 Å². The summed E-state index contributed by atoms with van der Waals surface area (Å²) < 4.78 is 10.9. The zero-order valence-electron chi connectivity index (χ0n) is 14.0. The van der Waals surface area contributed by atoms with Gasteiger partial charge in [0.15, 0.2) is 0 Å². The Labute approximate surface area is 129 Å². The molecule has 0 radical (unpaired) electrons. The third kappa shape index (κ3) is 3.78. The Hall–Kier alpha value is -0.610. The van der Waals surface area contributed by atoms with Crippen LogP contribution in [-0.4, -0.2) is 37.4 Å².